The van der Waals surface area contributed by atoms with Gasteiger partial charge in [0.2, 0.25) is 0 Å². The molecule has 0 bridgehead atoms. The molecule has 0 saturated carbocycles. The van der Waals surface area contributed by atoms with E-state index in [1.54, 1.807) is 18.2 Å². The van der Waals surface area contributed by atoms with Crippen LogP contribution in [0.15, 0.2) is 36.5 Å². The number of hydrogen-bond donors (Lipinski definition) is 2. The second kappa shape index (κ2) is 6.34. The van der Waals surface area contributed by atoms with Gasteiger partial charge < -0.3 is 5.32 Å². The molecule has 1 atom stereocenters. The van der Waals surface area contributed by atoms with Crippen LogP contribution in [0.5, 0.6) is 0 Å². The Balaban J connectivity index is 1.68. The number of nitrogens with zero attached hydrogens (tertiary/aromatic N) is 3. The first kappa shape index (κ1) is 15.4. The number of aromatic nitrogens is 4. The van der Waals surface area contributed by atoms with Crippen molar-refractivity contribution in [1.82, 2.24) is 25.3 Å². The molecule has 3 rings (SSSR count). The number of benzene rings is 1. The Morgan fingerprint density at radius 3 is 2.83 bits per heavy atom. The number of rotatable bonds is 5. The molecule has 0 spiro atoms. The fourth-order valence-electron chi connectivity index (χ4n) is 2.57. The van der Waals surface area contributed by atoms with Crippen molar-refractivity contribution in [1.29, 1.82) is 0 Å². The summed E-state index contributed by atoms with van der Waals surface area (Å²) in [6.07, 6.45) is 1.88. The predicted octanol–water partition coefficient (Wildman–Crippen LogP) is 3.11. The summed E-state index contributed by atoms with van der Waals surface area (Å²) in [6, 6.07) is 8.68. The van der Waals surface area contributed by atoms with E-state index in [9.17, 15) is 4.39 Å². The zero-order valence-corrected chi connectivity index (χ0v) is 13.5. The molecule has 0 amide bonds. The third-order valence-electron chi connectivity index (χ3n) is 4.12. The van der Waals surface area contributed by atoms with Crippen LogP contribution in [0.25, 0.3) is 11.3 Å². The second-order valence-electron chi connectivity index (χ2n) is 5.67. The summed E-state index contributed by atoms with van der Waals surface area (Å²) in [6.45, 7) is 4.77. The van der Waals surface area contributed by atoms with E-state index >= 15 is 0 Å². The average Bonchev–Trinajstić information content (AvgIpc) is 3.14. The quantitative estimate of drug-likeness (QED) is 0.761. The van der Waals surface area contributed by atoms with Crippen LogP contribution in [0, 0.1) is 12.7 Å². The molecule has 3 aromatic rings. The molecule has 2 N–H and O–H groups in total. The summed E-state index contributed by atoms with van der Waals surface area (Å²) in [5.41, 5.74) is 4.34. The molecular formula is C17H20FN5. The van der Waals surface area contributed by atoms with Gasteiger partial charge in [-0.2, -0.15) is 10.2 Å². The van der Waals surface area contributed by atoms with E-state index in [2.05, 4.69) is 27.5 Å². The third-order valence-corrected chi connectivity index (χ3v) is 4.12. The van der Waals surface area contributed by atoms with Gasteiger partial charge >= 0.3 is 0 Å². The Hall–Kier alpha value is -2.47. The minimum Gasteiger partial charge on any atom is -0.304 e. The molecule has 2 aromatic heterocycles. The van der Waals surface area contributed by atoms with Gasteiger partial charge in [-0.1, -0.05) is 12.1 Å². The Labute approximate surface area is 134 Å². The molecule has 6 heteroatoms. The van der Waals surface area contributed by atoms with Gasteiger partial charge in [-0.3, -0.25) is 9.78 Å². The van der Waals surface area contributed by atoms with Gasteiger partial charge in [0.1, 0.15) is 5.82 Å². The summed E-state index contributed by atoms with van der Waals surface area (Å²) >= 11 is 0. The number of aromatic amines is 1. The van der Waals surface area contributed by atoms with Crippen LogP contribution in [0.1, 0.15) is 29.9 Å². The van der Waals surface area contributed by atoms with Gasteiger partial charge in [0.25, 0.3) is 0 Å². The summed E-state index contributed by atoms with van der Waals surface area (Å²) in [4.78, 5) is 0. The van der Waals surface area contributed by atoms with E-state index in [0.29, 0.717) is 17.8 Å². The van der Waals surface area contributed by atoms with Gasteiger partial charge in [0.05, 0.1) is 11.9 Å². The van der Waals surface area contributed by atoms with Crippen molar-refractivity contribution in [2.24, 2.45) is 7.05 Å². The normalized spacial score (nSPS) is 12.5. The van der Waals surface area contributed by atoms with Crippen LogP contribution in [-0.2, 0) is 13.6 Å². The second-order valence-corrected chi connectivity index (χ2v) is 5.67. The maximum absolute atomic E-state index is 13.8. The molecule has 23 heavy (non-hydrogen) atoms. The SMILES string of the molecule is Cc1c(C(C)NCc2cc(-c3ccccc3F)n[nH]2)cnn1C. The van der Waals surface area contributed by atoms with Gasteiger partial charge in [-0.05, 0) is 32.0 Å². The van der Waals surface area contributed by atoms with Crippen molar-refractivity contribution in [3.05, 3.63) is 59.3 Å². The molecule has 0 aliphatic carbocycles. The maximum Gasteiger partial charge on any atom is 0.132 e. The molecule has 0 saturated heterocycles. The molecular weight excluding hydrogens is 293 g/mol. The van der Waals surface area contributed by atoms with E-state index in [0.717, 1.165) is 11.4 Å². The smallest absolute Gasteiger partial charge is 0.132 e. The highest BCUT2D eigenvalue weighted by molar-refractivity contribution is 5.59. The summed E-state index contributed by atoms with van der Waals surface area (Å²) in [7, 11) is 1.93. The molecule has 0 aliphatic rings. The first-order valence-corrected chi connectivity index (χ1v) is 7.57. The minimum atomic E-state index is -0.266. The van der Waals surface area contributed by atoms with Crippen LogP contribution in [0.4, 0.5) is 4.39 Å². The zero-order valence-electron chi connectivity index (χ0n) is 13.5. The fourth-order valence-corrected chi connectivity index (χ4v) is 2.57. The van der Waals surface area contributed by atoms with Crippen molar-refractivity contribution < 1.29 is 4.39 Å². The highest BCUT2D eigenvalue weighted by atomic mass is 19.1. The molecule has 120 valence electrons. The molecule has 1 unspecified atom stereocenters. The summed E-state index contributed by atoms with van der Waals surface area (Å²) < 4.78 is 15.6. The van der Waals surface area contributed by atoms with Crippen LogP contribution in [0.3, 0.4) is 0 Å². The fraction of sp³-hybridized carbons (Fsp3) is 0.294. The first-order valence-electron chi connectivity index (χ1n) is 7.57. The standard InChI is InChI=1S/C17H20FN5/c1-11(15-10-20-23(3)12(15)2)19-9-13-8-17(22-21-13)14-6-4-5-7-16(14)18/h4-8,10-11,19H,9H2,1-3H3,(H,21,22). The lowest BCUT2D eigenvalue weighted by atomic mass is 10.1. The molecule has 5 nitrogen and oxygen atoms in total. The van der Waals surface area contributed by atoms with Crippen molar-refractivity contribution in [2.75, 3.05) is 0 Å². The lowest BCUT2D eigenvalue weighted by Crippen LogP contribution is -2.18. The number of H-pyrrole nitrogens is 1. The third kappa shape index (κ3) is 3.17. The zero-order chi connectivity index (χ0) is 16.4. The number of aryl methyl sites for hydroxylation is 1. The Kier molecular flexibility index (Phi) is 4.25. The van der Waals surface area contributed by atoms with E-state index < -0.39 is 0 Å². The highest BCUT2D eigenvalue weighted by Crippen LogP contribution is 2.21. The first-order chi connectivity index (χ1) is 11.1. The monoisotopic (exact) mass is 313 g/mol. The Morgan fingerprint density at radius 1 is 1.35 bits per heavy atom. The number of nitrogens with one attached hydrogen (secondary N) is 2. The number of halogens is 1. The van der Waals surface area contributed by atoms with Gasteiger partial charge in [0, 0.05) is 42.1 Å². The van der Waals surface area contributed by atoms with Gasteiger partial charge in [-0.15, -0.1) is 0 Å². The summed E-state index contributed by atoms with van der Waals surface area (Å²) in [5.74, 6) is -0.266. The molecule has 0 aliphatic heterocycles. The van der Waals surface area contributed by atoms with E-state index in [4.69, 9.17) is 0 Å². The molecule has 2 heterocycles. The summed E-state index contributed by atoms with van der Waals surface area (Å²) in [5, 5.41) is 14.8. The average molecular weight is 313 g/mol. The van der Waals surface area contributed by atoms with Gasteiger partial charge in [0.15, 0.2) is 0 Å². The van der Waals surface area contributed by atoms with Crippen molar-refractivity contribution in [3.63, 3.8) is 0 Å². The predicted molar refractivity (Wildman–Crippen MR) is 87.2 cm³/mol. The molecule has 0 radical (unpaired) electrons. The lowest BCUT2D eigenvalue weighted by molar-refractivity contribution is 0.563. The van der Waals surface area contributed by atoms with E-state index in [-0.39, 0.29) is 11.9 Å². The number of hydrogen-bond acceptors (Lipinski definition) is 3. The van der Waals surface area contributed by atoms with Crippen LogP contribution < -0.4 is 5.32 Å². The van der Waals surface area contributed by atoms with Crippen LogP contribution >= 0.6 is 0 Å². The van der Waals surface area contributed by atoms with Crippen LogP contribution in [-0.4, -0.2) is 20.0 Å². The van der Waals surface area contributed by atoms with Crippen LogP contribution in [0.2, 0.25) is 0 Å². The Bertz CT molecular complexity index is 805. The minimum absolute atomic E-state index is 0.170. The largest absolute Gasteiger partial charge is 0.304 e. The van der Waals surface area contributed by atoms with E-state index in [1.807, 2.05) is 30.9 Å². The van der Waals surface area contributed by atoms with Gasteiger partial charge in [-0.25, -0.2) is 4.39 Å². The van der Waals surface area contributed by atoms with E-state index in [1.165, 1.54) is 11.6 Å². The maximum atomic E-state index is 13.8. The molecule has 1 aromatic carbocycles. The van der Waals surface area contributed by atoms with Crippen molar-refractivity contribution in [3.8, 4) is 11.3 Å². The molecule has 0 fully saturated rings. The topological polar surface area (TPSA) is 58.5 Å². The highest BCUT2D eigenvalue weighted by Gasteiger charge is 2.13. The lowest BCUT2D eigenvalue weighted by Gasteiger charge is -2.12. The Morgan fingerprint density at radius 2 is 2.13 bits per heavy atom. The van der Waals surface area contributed by atoms with Crippen molar-refractivity contribution >= 4 is 0 Å². The van der Waals surface area contributed by atoms with Crippen molar-refractivity contribution in [2.45, 2.75) is 26.4 Å².